The average molecular weight is 215 g/mol. The van der Waals surface area contributed by atoms with Gasteiger partial charge in [0.15, 0.2) is 6.10 Å². The number of amides is 1. The number of aromatic nitrogens is 2. The highest BCUT2D eigenvalue weighted by molar-refractivity contribution is 7.13. The molecule has 76 valence electrons. The van der Waals surface area contributed by atoms with Gasteiger partial charge in [0.25, 0.3) is 5.91 Å². The fraction of sp³-hybridized carbons (Fsp3) is 0.571. The summed E-state index contributed by atoms with van der Waals surface area (Å²) in [5, 5.41) is 10.4. The van der Waals surface area contributed by atoms with Crippen molar-refractivity contribution in [3.05, 3.63) is 5.51 Å². The molecule has 0 saturated carbocycles. The topological polar surface area (TPSA) is 73.3 Å². The van der Waals surface area contributed by atoms with E-state index in [-0.39, 0.29) is 5.91 Å². The molecule has 0 aromatic carbocycles. The zero-order chi connectivity index (χ0) is 9.80. The Morgan fingerprint density at radius 2 is 2.57 bits per heavy atom. The minimum atomic E-state index is -0.535. The summed E-state index contributed by atoms with van der Waals surface area (Å²) in [4.78, 5) is 11.5. The molecule has 1 aromatic rings. The van der Waals surface area contributed by atoms with Crippen molar-refractivity contribution in [1.82, 2.24) is 10.2 Å². The van der Waals surface area contributed by atoms with Crippen LogP contribution < -0.4 is 5.32 Å². The van der Waals surface area contributed by atoms with Crippen molar-refractivity contribution in [3.63, 3.8) is 0 Å². The van der Waals surface area contributed by atoms with Gasteiger partial charge in [-0.3, -0.25) is 10.1 Å². The number of carbonyl (C=O) groups is 1. The van der Waals surface area contributed by atoms with Crippen molar-refractivity contribution in [1.29, 1.82) is 0 Å². The zero-order valence-corrected chi connectivity index (χ0v) is 8.12. The third-order valence-electron chi connectivity index (χ3n) is 1.70. The molecule has 0 radical (unpaired) electrons. The highest BCUT2D eigenvalue weighted by Gasteiger charge is 2.23. The smallest absolute Gasteiger partial charge is 0.257 e. The lowest BCUT2D eigenvalue weighted by Gasteiger charge is -2.21. The van der Waals surface area contributed by atoms with Crippen LogP contribution in [0.15, 0.2) is 5.51 Å². The molecular formula is C7H9N3O3S. The minimum Gasteiger partial charge on any atom is -0.376 e. The Morgan fingerprint density at radius 1 is 1.64 bits per heavy atom. The SMILES string of the molecule is O=C(Nc1nncs1)[C@@H]1COCCO1. The Kier molecular flexibility index (Phi) is 3.02. The van der Waals surface area contributed by atoms with Crippen LogP contribution in [0.3, 0.4) is 0 Å². The van der Waals surface area contributed by atoms with Gasteiger partial charge in [0.05, 0.1) is 19.8 Å². The number of hydrogen-bond donors (Lipinski definition) is 1. The maximum absolute atomic E-state index is 11.5. The number of anilines is 1. The third-order valence-corrected chi connectivity index (χ3v) is 2.31. The van der Waals surface area contributed by atoms with Gasteiger partial charge in [0.1, 0.15) is 5.51 Å². The van der Waals surface area contributed by atoms with Crippen LogP contribution in [0.4, 0.5) is 5.13 Å². The van der Waals surface area contributed by atoms with Crippen LogP contribution in [0.25, 0.3) is 0 Å². The van der Waals surface area contributed by atoms with Gasteiger partial charge in [-0.15, -0.1) is 10.2 Å². The summed E-state index contributed by atoms with van der Waals surface area (Å²) in [5.41, 5.74) is 1.55. The quantitative estimate of drug-likeness (QED) is 0.745. The Balaban J connectivity index is 1.88. The number of nitrogens with one attached hydrogen (secondary N) is 1. The molecule has 2 heterocycles. The molecule has 1 aromatic heterocycles. The molecule has 0 aliphatic carbocycles. The lowest BCUT2D eigenvalue weighted by atomic mass is 10.3. The first-order valence-corrected chi connectivity index (χ1v) is 5.00. The molecule has 14 heavy (non-hydrogen) atoms. The van der Waals surface area contributed by atoms with E-state index in [0.29, 0.717) is 25.0 Å². The molecule has 1 fully saturated rings. The van der Waals surface area contributed by atoms with Gasteiger partial charge in [-0.1, -0.05) is 11.3 Å². The summed E-state index contributed by atoms with van der Waals surface area (Å²) in [7, 11) is 0. The normalized spacial score (nSPS) is 21.9. The first kappa shape index (κ1) is 9.50. The predicted molar refractivity (Wildman–Crippen MR) is 49.1 cm³/mol. The number of ether oxygens (including phenoxy) is 2. The Bertz CT molecular complexity index is 297. The van der Waals surface area contributed by atoms with Gasteiger partial charge in [0.2, 0.25) is 5.13 Å². The largest absolute Gasteiger partial charge is 0.376 e. The van der Waals surface area contributed by atoms with Gasteiger partial charge in [0, 0.05) is 0 Å². The number of nitrogens with zero attached hydrogens (tertiary/aromatic N) is 2. The third kappa shape index (κ3) is 2.25. The summed E-state index contributed by atoms with van der Waals surface area (Å²) in [6, 6.07) is 0. The molecule has 6 nitrogen and oxygen atoms in total. The summed E-state index contributed by atoms with van der Waals surface area (Å²) in [6.07, 6.45) is -0.535. The van der Waals surface area contributed by atoms with Crippen LogP contribution in [0.5, 0.6) is 0 Å². The number of carbonyl (C=O) groups excluding carboxylic acids is 1. The van der Waals surface area contributed by atoms with Gasteiger partial charge in [-0.25, -0.2) is 0 Å². The van der Waals surface area contributed by atoms with Crippen molar-refractivity contribution in [3.8, 4) is 0 Å². The van der Waals surface area contributed by atoms with Gasteiger partial charge < -0.3 is 9.47 Å². The zero-order valence-electron chi connectivity index (χ0n) is 7.30. The number of rotatable bonds is 2. The van der Waals surface area contributed by atoms with Crippen molar-refractivity contribution in [2.24, 2.45) is 0 Å². The molecule has 0 unspecified atom stereocenters. The average Bonchev–Trinajstić information content (AvgIpc) is 2.72. The van der Waals surface area contributed by atoms with Crippen molar-refractivity contribution in [2.75, 3.05) is 25.1 Å². The first-order valence-electron chi connectivity index (χ1n) is 4.12. The standard InChI is InChI=1S/C7H9N3O3S/c11-6(5-3-12-1-2-13-5)9-7-10-8-4-14-7/h4-5H,1-3H2,(H,9,10,11)/t5-/m0/s1. The molecule has 7 heteroatoms. The van der Waals surface area contributed by atoms with Crippen molar-refractivity contribution >= 4 is 22.4 Å². The second-order valence-corrected chi connectivity index (χ2v) is 3.50. The van der Waals surface area contributed by atoms with Crippen LogP contribution >= 0.6 is 11.3 Å². The monoisotopic (exact) mass is 215 g/mol. The molecular weight excluding hydrogens is 206 g/mol. The summed E-state index contributed by atoms with van der Waals surface area (Å²) >= 11 is 1.26. The van der Waals surface area contributed by atoms with E-state index in [1.54, 1.807) is 5.51 Å². The second kappa shape index (κ2) is 4.45. The van der Waals surface area contributed by atoms with Crippen LogP contribution in [0.1, 0.15) is 0 Å². The summed E-state index contributed by atoms with van der Waals surface area (Å²) in [5.74, 6) is -0.235. The van der Waals surface area contributed by atoms with Crippen LogP contribution in [0, 0.1) is 0 Å². The molecule has 1 N–H and O–H groups in total. The van der Waals surface area contributed by atoms with E-state index in [9.17, 15) is 4.79 Å². The second-order valence-electron chi connectivity index (χ2n) is 2.67. The molecule has 2 rings (SSSR count). The van der Waals surface area contributed by atoms with Crippen LogP contribution in [-0.4, -0.2) is 42.0 Å². The maximum Gasteiger partial charge on any atom is 0.257 e. The lowest BCUT2D eigenvalue weighted by molar-refractivity contribution is -0.142. The van der Waals surface area contributed by atoms with Gasteiger partial charge >= 0.3 is 0 Å². The molecule has 1 saturated heterocycles. The Labute approximate surface area is 84.2 Å². The predicted octanol–water partition coefficient (Wildman–Crippen LogP) is -0.108. The molecule has 1 aliphatic rings. The van der Waals surface area contributed by atoms with E-state index in [2.05, 4.69) is 15.5 Å². The van der Waals surface area contributed by atoms with Crippen molar-refractivity contribution in [2.45, 2.75) is 6.10 Å². The Hall–Kier alpha value is -1.05. The van der Waals surface area contributed by atoms with E-state index in [1.807, 2.05) is 0 Å². The van der Waals surface area contributed by atoms with Crippen LogP contribution in [0.2, 0.25) is 0 Å². The van der Waals surface area contributed by atoms with Gasteiger partial charge in [-0.05, 0) is 0 Å². The minimum absolute atomic E-state index is 0.235. The summed E-state index contributed by atoms with van der Waals surface area (Å²) in [6.45, 7) is 1.29. The van der Waals surface area contributed by atoms with Crippen LogP contribution in [-0.2, 0) is 14.3 Å². The molecule has 1 aliphatic heterocycles. The molecule has 0 bridgehead atoms. The highest BCUT2D eigenvalue weighted by atomic mass is 32.1. The van der Waals surface area contributed by atoms with E-state index in [1.165, 1.54) is 11.3 Å². The molecule has 1 atom stereocenters. The Morgan fingerprint density at radius 3 is 3.21 bits per heavy atom. The molecule has 0 spiro atoms. The lowest BCUT2D eigenvalue weighted by Crippen LogP contribution is -2.39. The van der Waals surface area contributed by atoms with Crippen molar-refractivity contribution < 1.29 is 14.3 Å². The first-order chi connectivity index (χ1) is 6.86. The fourth-order valence-corrected chi connectivity index (χ4v) is 1.50. The molecule has 1 amide bonds. The van der Waals surface area contributed by atoms with E-state index in [0.717, 1.165) is 0 Å². The number of hydrogen-bond acceptors (Lipinski definition) is 6. The maximum atomic E-state index is 11.5. The summed E-state index contributed by atoms with van der Waals surface area (Å²) < 4.78 is 10.3. The van der Waals surface area contributed by atoms with Gasteiger partial charge in [-0.2, -0.15) is 0 Å². The highest BCUT2D eigenvalue weighted by Crippen LogP contribution is 2.10. The van der Waals surface area contributed by atoms with E-state index < -0.39 is 6.10 Å². The van der Waals surface area contributed by atoms with E-state index in [4.69, 9.17) is 9.47 Å². The van der Waals surface area contributed by atoms with E-state index >= 15 is 0 Å². The fourth-order valence-electron chi connectivity index (χ4n) is 1.05.